The SMILES string of the molecule is CCc1cc(COc2cccnc2)n(C)n1. The Bertz CT molecular complexity index is 451. The van der Waals surface area contributed by atoms with Gasteiger partial charge in [0.05, 0.1) is 17.6 Å². The van der Waals surface area contributed by atoms with Crippen LogP contribution >= 0.6 is 0 Å². The van der Waals surface area contributed by atoms with E-state index in [1.807, 2.05) is 23.9 Å². The van der Waals surface area contributed by atoms with Crippen molar-refractivity contribution >= 4 is 0 Å². The Kier molecular flexibility index (Phi) is 3.19. The van der Waals surface area contributed by atoms with Crippen molar-refractivity contribution in [1.82, 2.24) is 14.8 Å². The zero-order chi connectivity index (χ0) is 11.4. The quantitative estimate of drug-likeness (QED) is 0.786. The second kappa shape index (κ2) is 4.79. The molecule has 0 aliphatic carbocycles. The van der Waals surface area contributed by atoms with E-state index < -0.39 is 0 Å². The Morgan fingerprint density at radius 1 is 1.44 bits per heavy atom. The van der Waals surface area contributed by atoms with Gasteiger partial charge in [-0.2, -0.15) is 5.10 Å². The predicted molar refractivity (Wildman–Crippen MR) is 61.2 cm³/mol. The average Bonchev–Trinajstić information content (AvgIpc) is 2.69. The molecule has 0 saturated heterocycles. The fourth-order valence-electron chi connectivity index (χ4n) is 1.47. The highest BCUT2D eigenvalue weighted by atomic mass is 16.5. The Morgan fingerprint density at radius 3 is 2.94 bits per heavy atom. The van der Waals surface area contributed by atoms with Gasteiger partial charge < -0.3 is 4.74 Å². The largest absolute Gasteiger partial charge is 0.486 e. The molecular formula is C12H15N3O. The van der Waals surface area contributed by atoms with Crippen LogP contribution < -0.4 is 4.74 Å². The van der Waals surface area contributed by atoms with Gasteiger partial charge in [-0.25, -0.2) is 0 Å². The second-order valence-corrected chi connectivity index (χ2v) is 3.58. The lowest BCUT2D eigenvalue weighted by Crippen LogP contribution is -2.03. The van der Waals surface area contributed by atoms with Gasteiger partial charge in [0.1, 0.15) is 12.4 Å². The summed E-state index contributed by atoms with van der Waals surface area (Å²) in [4.78, 5) is 3.99. The minimum absolute atomic E-state index is 0.523. The summed E-state index contributed by atoms with van der Waals surface area (Å²) in [7, 11) is 1.93. The molecule has 4 heteroatoms. The molecule has 0 aliphatic heterocycles. The van der Waals surface area contributed by atoms with E-state index in [2.05, 4.69) is 23.1 Å². The molecule has 2 aromatic rings. The van der Waals surface area contributed by atoms with Crippen molar-refractivity contribution in [2.75, 3.05) is 0 Å². The van der Waals surface area contributed by atoms with Gasteiger partial charge in [-0.1, -0.05) is 6.92 Å². The zero-order valence-corrected chi connectivity index (χ0v) is 9.55. The van der Waals surface area contributed by atoms with Crippen LogP contribution in [0, 0.1) is 0 Å². The number of pyridine rings is 1. The van der Waals surface area contributed by atoms with E-state index in [-0.39, 0.29) is 0 Å². The van der Waals surface area contributed by atoms with Crippen molar-refractivity contribution in [2.45, 2.75) is 20.0 Å². The van der Waals surface area contributed by atoms with E-state index in [9.17, 15) is 0 Å². The summed E-state index contributed by atoms with van der Waals surface area (Å²) in [6, 6.07) is 5.82. The molecule has 0 spiro atoms. The van der Waals surface area contributed by atoms with E-state index >= 15 is 0 Å². The smallest absolute Gasteiger partial charge is 0.138 e. The lowest BCUT2D eigenvalue weighted by Gasteiger charge is -2.04. The summed E-state index contributed by atoms with van der Waals surface area (Å²) in [6.07, 6.45) is 4.38. The van der Waals surface area contributed by atoms with Crippen molar-refractivity contribution in [3.63, 3.8) is 0 Å². The van der Waals surface area contributed by atoms with E-state index in [0.717, 1.165) is 23.6 Å². The molecular weight excluding hydrogens is 202 g/mol. The molecule has 16 heavy (non-hydrogen) atoms. The Labute approximate surface area is 94.9 Å². The lowest BCUT2D eigenvalue weighted by molar-refractivity contribution is 0.293. The topological polar surface area (TPSA) is 39.9 Å². The zero-order valence-electron chi connectivity index (χ0n) is 9.55. The van der Waals surface area contributed by atoms with Crippen LogP contribution in [0.1, 0.15) is 18.3 Å². The van der Waals surface area contributed by atoms with Crippen molar-refractivity contribution in [3.05, 3.63) is 42.0 Å². The number of rotatable bonds is 4. The highest BCUT2D eigenvalue weighted by Gasteiger charge is 2.04. The highest BCUT2D eigenvalue weighted by molar-refractivity contribution is 5.17. The maximum Gasteiger partial charge on any atom is 0.138 e. The van der Waals surface area contributed by atoms with Gasteiger partial charge in [0.25, 0.3) is 0 Å². The molecule has 0 fully saturated rings. The molecule has 2 rings (SSSR count). The van der Waals surface area contributed by atoms with E-state index in [4.69, 9.17) is 4.74 Å². The standard InChI is InChI=1S/C12H15N3O/c1-3-10-7-11(15(2)14-10)9-16-12-5-4-6-13-8-12/h4-8H,3,9H2,1-2H3. The minimum atomic E-state index is 0.523. The molecule has 2 aromatic heterocycles. The van der Waals surface area contributed by atoms with E-state index in [1.54, 1.807) is 12.4 Å². The summed E-state index contributed by atoms with van der Waals surface area (Å²) < 4.78 is 7.46. The number of aryl methyl sites for hydroxylation is 2. The molecule has 0 unspecified atom stereocenters. The Balaban J connectivity index is 2.02. The molecule has 0 atom stereocenters. The third kappa shape index (κ3) is 2.39. The first-order chi connectivity index (χ1) is 7.79. The molecule has 0 N–H and O–H groups in total. The third-order valence-electron chi connectivity index (χ3n) is 2.41. The Morgan fingerprint density at radius 2 is 2.31 bits per heavy atom. The lowest BCUT2D eigenvalue weighted by atomic mass is 10.3. The highest BCUT2D eigenvalue weighted by Crippen LogP contribution is 2.11. The normalized spacial score (nSPS) is 10.4. The number of aromatic nitrogens is 3. The van der Waals surface area contributed by atoms with Gasteiger partial charge in [-0.3, -0.25) is 9.67 Å². The Hall–Kier alpha value is -1.84. The first-order valence-corrected chi connectivity index (χ1v) is 5.34. The monoisotopic (exact) mass is 217 g/mol. The molecule has 4 nitrogen and oxygen atoms in total. The number of nitrogens with zero attached hydrogens (tertiary/aromatic N) is 3. The second-order valence-electron chi connectivity index (χ2n) is 3.58. The van der Waals surface area contributed by atoms with Crippen LogP contribution in [0.3, 0.4) is 0 Å². The molecule has 84 valence electrons. The van der Waals surface area contributed by atoms with Crippen LogP contribution in [0.4, 0.5) is 0 Å². The molecule has 0 radical (unpaired) electrons. The summed E-state index contributed by atoms with van der Waals surface area (Å²) in [5.74, 6) is 0.779. The molecule has 0 amide bonds. The summed E-state index contributed by atoms with van der Waals surface area (Å²) >= 11 is 0. The van der Waals surface area contributed by atoms with Crippen LogP contribution in [-0.2, 0) is 20.1 Å². The maximum atomic E-state index is 5.61. The number of hydrogen-bond acceptors (Lipinski definition) is 3. The van der Waals surface area contributed by atoms with Gasteiger partial charge >= 0.3 is 0 Å². The summed E-state index contributed by atoms with van der Waals surface area (Å²) in [5, 5.41) is 4.36. The van der Waals surface area contributed by atoms with Crippen LogP contribution in [0.2, 0.25) is 0 Å². The first kappa shape index (κ1) is 10.7. The predicted octanol–water partition coefficient (Wildman–Crippen LogP) is 1.96. The first-order valence-electron chi connectivity index (χ1n) is 5.34. The van der Waals surface area contributed by atoms with Gasteiger partial charge in [0, 0.05) is 13.2 Å². The molecule has 2 heterocycles. The van der Waals surface area contributed by atoms with Crippen LogP contribution in [0.15, 0.2) is 30.6 Å². The summed E-state index contributed by atoms with van der Waals surface area (Å²) in [6.45, 7) is 2.61. The maximum absolute atomic E-state index is 5.61. The van der Waals surface area contributed by atoms with E-state index in [0.29, 0.717) is 6.61 Å². The van der Waals surface area contributed by atoms with Gasteiger partial charge in [-0.15, -0.1) is 0 Å². The van der Waals surface area contributed by atoms with Gasteiger partial charge in [0.2, 0.25) is 0 Å². The molecule has 0 aliphatic rings. The van der Waals surface area contributed by atoms with Crippen molar-refractivity contribution in [1.29, 1.82) is 0 Å². The third-order valence-corrected chi connectivity index (χ3v) is 2.41. The number of ether oxygens (including phenoxy) is 1. The molecule has 0 bridgehead atoms. The summed E-state index contributed by atoms with van der Waals surface area (Å²) in [5.41, 5.74) is 2.16. The minimum Gasteiger partial charge on any atom is -0.486 e. The molecule has 0 saturated carbocycles. The van der Waals surface area contributed by atoms with Crippen LogP contribution in [0.25, 0.3) is 0 Å². The van der Waals surface area contributed by atoms with Crippen LogP contribution in [0.5, 0.6) is 5.75 Å². The van der Waals surface area contributed by atoms with Gasteiger partial charge in [0.15, 0.2) is 0 Å². The molecule has 0 aromatic carbocycles. The van der Waals surface area contributed by atoms with Gasteiger partial charge in [-0.05, 0) is 24.6 Å². The van der Waals surface area contributed by atoms with Crippen molar-refractivity contribution in [2.24, 2.45) is 7.05 Å². The number of hydrogen-bond donors (Lipinski definition) is 0. The average molecular weight is 217 g/mol. The van der Waals surface area contributed by atoms with Crippen molar-refractivity contribution in [3.8, 4) is 5.75 Å². The van der Waals surface area contributed by atoms with Crippen LogP contribution in [-0.4, -0.2) is 14.8 Å². The van der Waals surface area contributed by atoms with E-state index in [1.165, 1.54) is 0 Å². The fraction of sp³-hybridized carbons (Fsp3) is 0.333. The fourth-order valence-corrected chi connectivity index (χ4v) is 1.47. The van der Waals surface area contributed by atoms with Crippen molar-refractivity contribution < 1.29 is 4.74 Å².